The molecule has 0 spiro atoms. The molecule has 2 heterocycles. The van der Waals surface area contributed by atoms with Crippen LogP contribution in [-0.2, 0) is 16.6 Å². The molecule has 0 unspecified atom stereocenters. The number of nitrogen functional groups attached to an aromatic ring is 1. The predicted octanol–water partition coefficient (Wildman–Crippen LogP) is 3.02. The molecule has 0 saturated heterocycles. The maximum absolute atomic E-state index is 11.2. The number of aromatic amines is 1. The Labute approximate surface area is 180 Å². The van der Waals surface area contributed by atoms with Crippen molar-refractivity contribution in [1.29, 1.82) is 0 Å². The van der Waals surface area contributed by atoms with Crippen molar-refractivity contribution < 1.29 is 4.79 Å². The number of rotatable bonds is 7. The van der Waals surface area contributed by atoms with E-state index >= 15 is 0 Å². The van der Waals surface area contributed by atoms with Gasteiger partial charge in [-0.1, -0.05) is 44.2 Å². The fourth-order valence-corrected chi connectivity index (χ4v) is 3.49. The zero-order chi connectivity index (χ0) is 22.0. The summed E-state index contributed by atoms with van der Waals surface area (Å²) in [5, 5.41) is 19.8. The van der Waals surface area contributed by atoms with E-state index in [1.165, 1.54) is 0 Å². The first-order chi connectivity index (χ1) is 14.8. The molecule has 8 nitrogen and oxygen atoms in total. The smallest absolute Gasteiger partial charge is 0.221 e. The minimum absolute atomic E-state index is 0.183. The molecule has 2 aromatic heterocycles. The second kappa shape index (κ2) is 8.06. The first-order valence-corrected chi connectivity index (χ1v) is 10.0. The van der Waals surface area contributed by atoms with E-state index in [9.17, 15) is 4.79 Å². The lowest BCUT2D eigenvalue weighted by Gasteiger charge is -2.26. The number of nitrogens with zero attached hydrogens (tertiary/aromatic N) is 3. The van der Waals surface area contributed by atoms with Crippen LogP contribution in [0.5, 0.6) is 0 Å². The summed E-state index contributed by atoms with van der Waals surface area (Å²) < 4.78 is 0. The van der Waals surface area contributed by atoms with Crippen molar-refractivity contribution in [3.05, 3.63) is 65.7 Å². The molecule has 0 radical (unpaired) electrons. The Morgan fingerprint density at radius 1 is 1.10 bits per heavy atom. The Balaban J connectivity index is 1.46. The van der Waals surface area contributed by atoms with Crippen molar-refractivity contribution >= 4 is 28.4 Å². The van der Waals surface area contributed by atoms with E-state index < -0.39 is 0 Å². The minimum atomic E-state index is -0.335. The second-order valence-corrected chi connectivity index (χ2v) is 8.25. The third kappa shape index (κ3) is 4.48. The number of primary amides is 1. The van der Waals surface area contributed by atoms with Crippen LogP contribution >= 0.6 is 0 Å². The van der Waals surface area contributed by atoms with Crippen molar-refractivity contribution in [3.63, 3.8) is 0 Å². The number of hydrogen-bond donors (Lipinski definition) is 4. The second-order valence-electron chi connectivity index (χ2n) is 8.25. The number of amides is 1. The summed E-state index contributed by atoms with van der Waals surface area (Å²) >= 11 is 0. The number of H-pyrrole nitrogens is 1. The van der Waals surface area contributed by atoms with Crippen molar-refractivity contribution in [2.24, 2.45) is 5.73 Å². The number of hydrogen-bond acceptors (Lipinski definition) is 6. The fraction of sp³-hybridized carbons (Fsp3) is 0.217. The van der Waals surface area contributed by atoms with Gasteiger partial charge < -0.3 is 16.8 Å². The van der Waals surface area contributed by atoms with Gasteiger partial charge in [-0.3, -0.25) is 9.89 Å². The van der Waals surface area contributed by atoms with Gasteiger partial charge in [0, 0.05) is 22.9 Å². The molecule has 0 atom stereocenters. The van der Waals surface area contributed by atoms with Crippen molar-refractivity contribution in [2.75, 3.05) is 17.6 Å². The van der Waals surface area contributed by atoms with Crippen molar-refractivity contribution in [3.8, 4) is 11.3 Å². The lowest BCUT2D eigenvalue weighted by Crippen LogP contribution is -2.28. The Morgan fingerprint density at radius 3 is 2.68 bits per heavy atom. The molecule has 0 fully saturated rings. The molecule has 6 N–H and O–H groups in total. The summed E-state index contributed by atoms with van der Waals surface area (Å²) in [7, 11) is 0. The minimum Gasteiger partial charge on any atom is -0.382 e. The number of benzene rings is 2. The maximum Gasteiger partial charge on any atom is 0.221 e. The average Bonchev–Trinajstić information content (AvgIpc) is 3.13. The molecule has 4 rings (SSSR count). The van der Waals surface area contributed by atoms with E-state index in [0.29, 0.717) is 18.2 Å². The zero-order valence-corrected chi connectivity index (χ0v) is 17.5. The molecular weight excluding hydrogens is 390 g/mol. The van der Waals surface area contributed by atoms with Gasteiger partial charge in [-0.05, 0) is 35.4 Å². The number of nitrogens with two attached hydrogens (primary N) is 2. The summed E-state index contributed by atoms with van der Waals surface area (Å²) in [6.07, 6.45) is 0.237. The first-order valence-electron chi connectivity index (χ1n) is 10.0. The number of carbonyl (C=O) groups is 1. The zero-order valence-electron chi connectivity index (χ0n) is 17.5. The van der Waals surface area contributed by atoms with E-state index in [4.69, 9.17) is 11.5 Å². The summed E-state index contributed by atoms with van der Waals surface area (Å²) in [6.45, 7) is 4.92. The third-order valence-electron chi connectivity index (χ3n) is 5.35. The molecule has 1 amide bonds. The van der Waals surface area contributed by atoms with Crippen LogP contribution in [0.15, 0.2) is 54.6 Å². The molecule has 158 valence electrons. The van der Waals surface area contributed by atoms with E-state index in [2.05, 4.69) is 45.6 Å². The van der Waals surface area contributed by atoms with Crippen LogP contribution in [0, 0.1) is 0 Å². The largest absolute Gasteiger partial charge is 0.382 e. The molecule has 2 aromatic carbocycles. The SMILES string of the molecule is CC(C)(CNc1ccc(-c2ccc3[nH]nc(N)c3c2)nn1)c1cccc(CC(N)=O)c1. The lowest BCUT2D eigenvalue weighted by atomic mass is 9.83. The lowest BCUT2D eigenvalue weighted by molar-refractivity contribution is -0.117. The molecule has 8 heteroatoms. The molecule has 4 aromatic rings. The number of nitrogens with one attached hydrogen (secondary N) is 2. The topological polar surface area (TPSA) is 136 Å². The Kier molecular flexibility index (Phi) is 5.29. The molecular formula is C23H25N7O. The monoisotopic (exact) mass is 415 g/mol. The molecule has 31 heavy (non-hydrogen) atoms. The number of anilines is 2. The average molecular weight is 416 g/mol. The summed E-state index contributed by atoms with van der Waals surface area (Å²) in [6, 6.07) is 17.6. The number of carbonyl (C=O) groups excluding carboxylic acids is 1. The van der Waals surface area contributed by atoms with Crippen LogP contribution in [0.4, 0.5) is 11.6 Å². The maximum atomic E-state index is 11.2. The Morgan fingerprint density at radius 2 is 1.94 bits per heavy atom. The molecule has 0 bridgehead atoms. The third-order valence-corrected chi connectivity index (χ3v) is 5.35. The van der Waals surface area contributed by atoms with Crippen LogP contribution in [-0.4, -0.2) is 32.8 Å². The van der Waals surface area contributed by atoms with E-state index in [1.807, 2.05) is 48.5 Å². The first kappa shape index (κ1) is 20.3. The highest BCUT2D eigenvalue weighted by Crippen LogP contribution is 2.27. The molecule has 0 saturated carbocycles. The normalized spacial score (nSPS) is 11.5. The molecule has 0 aliphatic heterocycles. The van der Waals surface area contributed by atoms with Crippen LogP contribution < -0.4 is 16.8 Å². The van der Waals surface area contributed by atoms with E-state index in [-0.39, 0.29) is 17.7 Å². The quantitative estimate of drug-likeness (QED) is 0.366. The van der Waals surface area contributed by atoms with Crippen LogP contribution in [0.3, 0.4) is 0 Å². The van der Waals surface area contributed by atoms with Crippen molar-refractivity contribution in [1.82, 2.24) is 20.4 Å². The Hall–Kier alpha value is -3.94. The number of aromatic nitrogens is 4. The van der Waals surface area contributed by atoms with Crippen LogP contribution in [0.2, 0.25) is 0 Å². The molecule has 0 aliphatic carbocycles. The van der Waals surface area contributed by atoms with E-state index in [0.717, 1.165) is 33.3 Å². The summed E-state index contributed by atoms with van der Waals surface area (Å²) in [4.78, 5) is 11.2. The van der Waals surface area contributed by atoms with Gasteiger partial charge >= 0.3 is 0 Å². The van der Waals surface area contributed by atoms with Gasteiger partial charge in [0.25, 0.3) is 0 Å². The van der Waals surface area contributed by atoms with Crippen LogP contribution in [0.1, 0.15) is 25.0 Å². The molecule has 0 aliphatic rings. The van der Waals surface area contributed by atoms with Gasteiger partial charge in [0.15, 0.2) is 5.82 Å². The van der Waals surface area contributed by atoms with E-state index in [1.54, 1.807) is 0 Å². The fourth-order valence-electron chi connectivity index (χ4n) is 3.49. The van der Waals surface area contributed by atoms with Gasteiger partial charge in [-0.25, -0.2) is 0 Å². The van der Waals surface area contributed by atoms with Crippen molar-refractivity contribution in [2.45, 2.75) is 25.7 Å². The number of fused-ring (bicyclic) bond motifs is 1. The van der Waals surface area contributed by atoms with Gasteiger partial charge in [0.2, 0.25) is 5.91 Å². The highest BCUT2D eigenvalue weighted by Gasteiger charge is 2.21. The highest BCUT2D eigenvalue weighted by atomic mass is 16.1. The standard InChI is InChI=1S/C23H25N7O/c1-23(2,16-5-3-4-14(10-16)11-20(24)31)13-26-21-9-8-18(27-29-21)15-6-7-19-17(12-15)22(25)30-28-19/h3-10,12H,11,13H2,1-2H3,(H2,24,31)(H,26,29)(H3,25,28,30). The van der Waals surface area contributed by atoms with Gasteiger partial charge in [-0.2, -0.15) is 5.10 Å². The van der Waals surface area contributed by atoms with Gasteiger partial charge in [0.1, 0.15) is 5.82 Å². The van der Waals surface area contributed by atoms with Crippen LogP contribution in [0.25, 0.3) is 22.2 Å². The summed E-state index contributed by atoms with van der Waals surface area (Å²) in [5.41, 5.74) is 15.6. The highest BCUT2D eigenvalue weighted by molar-refractivity contribution is 5.91. The Bertz CT molecular complexity index is 1230. The predicted molar refractivity (Wildman–Crippen MR) is 122 cm³/mol. The van der Waals surface area contributed by atoms with Gasteiger partial charge in [0.05, 0.1) is 17.6 Å². The van der Waals surface area contributed by atoms with Gasteiger partial charge in [-0.15, -0.1) is 10.2 Å². The summed E-state index contributed by atoms with van der Waals surface area (Å²) in [5.74, 6) is 0.817.